The minimum absolute atomic E-state index is 0.346. The molecule has 1 saturated carbocycles. The van der Waals surface area contributed by atoms with Gasteiger partial charge in [0.1, 0.15) is 0 Å². The molecule has 1 aromatic carbocycles. The molecule has 0 bridgehead atoms. The number of hydrogen-bond donors (Lipinski definition) is 1. The molecule has 1 aliphatic carbocycles. The minimum atomic E-state index is -0.498. The first-order valence-electron chi connectivity index (χ1n) is 6.58. The van der Waals surface area contributed by atoms with Crippen LogP contribution in [0.4, 0.5) is 0 Å². The molecule has 0 heterocycles. The van der Waals surface area contributed by atoms with Crippen LogP contribution in [0.15, 0.2) is 42.5 Å². The molecule has 1 nitrogen and oxygen atoms in total. The van der Waals surface area contributed by atoms with Crippen LogP contribution in [-0.4, -0.2) is 25.7 Å². The van der Waals surface area contributed by atoms with Gasteiger partial charge in [0.15, 0.2) is 0 Å². The second kappa shape index (κ2) is 5.61. The molecule has 0 aliphatic heterocycles. The monoisotopic (exact) mass is 310 g/mol. The maximum absolute atomic E-state index is 10.6. The van der Waals surface area contributed by atoms with Gasteiger partial charge in [0, 0.05) is 0 Å². The number of hydrogen-bond acceptors (Lipinski definition) is 1. The SMILES string of the molecule is C=C(C)[C@H]1CC[C@](C)(O)[C@@H]([Se]c2ccccc2)C1. The van der Waals surface area contributed by atoms with Gasteiger partial charge < -0.3 is 0 Å². The third kappa shape index (κ3) is 3.26. The molecule has 0 spiro atoms. The fourth-order valence-corrected chi connectivity index (χ4v) is 5.36. The summed E-state index contributed by atoms with van der Waals surface area (Å²) >= 11 is 0.346. The van der Waals surface area contributed by atoms with Crippen molar-refractivity contribution in [1.29, 1.82) is 0 Å². The fourth-order valence-electron chi connectivity index (χ4n) is 2.54. The van der Waals surface area contributed by atoms with Gasteiger partial charge in [-0.3, -0.25) is 0 Å². The molecule has 0 aromatic heterocycles. The van der Waals surface area contributed by atoms with Gasteiger partial charge in [-0.25, -0.2) is 0 Å². The third-order valence-electron chi connectivity index (χ3n) is 3.91. The van der Waals surface area contributed by atoms with Crippen molar-refractivity contribution in [3.63, 3.8) is 0 Å². The molecule has 1 aliphatic rings. The van der Waals surface area contributed by atoms with E-state index in [1.165, 1.54) is 10.0 Å². The van der Waals surface area contributed by atoms with Gasteiger partial charge in [-0.2, -0.15) is 0 Å². The second-order valence-corrected chi connectivity index (χ2v) is 8.27. The molecule has 3 atom stereocenters. The van der Waals surface area contributed by atoms with Crippen molar-refractivity contribution >= 4 is 19.4 Å². The molecular weight excluding hydrogens is 287 g/mol. The Morgan fingerprint density at radius 2 is 2.06 bits per heavy atom. The van der Waals surface area contributed by atoms with Crippen molar-refractivity contribution in [3.05, 3.63) is 42.5 Å². The van der Waals surface area contributed by atoms with Gasteiger partial charge in [0.05, 0.1) is 0 Å². The summed E-state index contributed by atoms with van der Waals surface area (Å²) in [5.74, 6) is 0.598. The van der Waals surface area contributed by atoms with Gasteiger partial charge in [-0.1, -0.05) is 0 Å². The van der Waals surface area contributed by atoms with Gasteiger partial charge >= 0.3 is 116 Å². The van der Waals surface area contributed by atoms with Crippen LogP contribution < -0.4 is 4.46 Å². The number of benzene rings is 1. The average Bonchev–Trinajstić information content (AvgIpc) is 2.33. The fraction of sp³-hybridized carbons (Fsp3) is 0.500. The molecular formula is C16H22OSe. The predicted molar refractivity (Wildman–Crippen MR) is 78.4 cm³/mol. The van der Waals surface area contributed by atoms with E-state index in [0.29, 0.717) is 25.7 Å². The van der Waals surface area contributed by atoms with E-state index >= 15 is 0 Å². The van der Waals surface area contributed by atoms with Crippen LogP contribution in [0.5, 0.6) is 0 Å². The Hall–Kier alpha value is -0.561. The second-order valence-electron chi connectivity index (χ2n) is 5.59. The first-order valence-corrected chi connectivity index (χ1v) is 8.43. The van der Waals surface area contributed by atoms with Crippen LogP contribution in [0.25, 0.3) is 0 Å². The van der Waals surface area contributed by atoms with E-state index < -0.39 is 5.60 Å². The zero-order valence-electron chi connectivity index (χ0n) is 11.2. The van der Waals surface area contributed by atoms with Crippen molar-refractivity contribution in [2.24, 2.45) is 5.92 Å². The Balaban J connectivity index is 2.10. The summed E-state index contributed by atoms with van der Waals surface area (Å²) < 4.78 is 1.39. The Bertz CT molecular complexity index is 410. The van der Waals surface area contributed by atoms with Crippen molar-refractivity contribution in [2.75, 3.05) is 0 Å². The van der Waals surface area contributed by atoms with Crippen LogP contribution in [0, 0.1) is 5.92 Å². The molecule has 2 heteroatoms. The summed E-state index contributed by atoms with van der Waals surface area (Å²) in [5.41, 5.74) is 0.779. The Morgan fingerprint density at radius 3 is 2.67 bits per heavy atom. The normalized spacial score (nSPS) is 32.2. The van der Waals surface area contributed by atoms with E-state index in [2.05, 4.69) is 43.8 Å². The number of allylic oxidation sites excluding steroid dienone is 1. The van der Waals surface area contributed by atoms with E-state index in [4.69, 9.17) is 0 Å². The molecule has 1 fully saturated rings. The first-order chi connectivity index (χ1) is 8.49. The first kappa shape index (κ1) is 13.9. The molecule has 18 heavy (non-hydrogen) atoms. The molecule has 0 unspecified atom stereocenters. The summed E-state index contributed by atoms with van der Waals surface area (Å²) in [6.07, 6.45) is 3.09. The van der Waals surface area contributed by atoms with Gasteiger partial charge in [-0.05, 0) is 0 Å². The molecule has 0 amide bonds. The van der Waals surface area contributed by atoms with Crippen molar-refractivity contribution in [3.8, 4) is 0 Å². The topological polar surface area (TPSA) is 20.2 Å². The number of rotatable bonds is 3. The van der Waals surface area contributed by atoms with E-state index in [0.717, 1.165) is 19.3 Å². The summed E-state index contributed by atoms with van der Waals surface area (Å²) in [7, 11) is 0. The Morgan fingerprint density at radius 1 is 1.39 bits per heavy atom. The van der Waals surface area contributed by atoms with E-state index in [9.17, 15) is 5.11 Å². The molecule has 1 N–H and O–H groups in total. The Kier molecular flexibility index (Phi) is 4.32. The summed E-state index contributed by atoms with van der Waals surface area (Å²) in [6, 6.07) is 10.6. The van der Waals surface area contributed by atoms with E-state index in [1.807, 2.05) is 6.92 Å². The summed E-state index contributed by atoms with van der Waals surface area (Å²) in [4.78, 5) is 0.405. The standard InChI is InChI=1S/C16H22OSe/c1-12(2)13-9-10-16(3,17)15(11-13)18-14-7-5-4-6-8-14/h4-8,13,15,17H,1,9-11H2,2-3H3/t13-,15-,16-/m0/s1. The molecule has 0 radical (unpaired) electrons. The van der Waals surface area contributed by atoms with Gasteiger partial charge in [0.2, 0.25) is 0 Å². The van der Waals surface area contributed by atoms with E-state index in [1.54, 1.807) is 0 Å². The molecule has 0 saturated heterocycles. The van der Waals surface area contributed by atoms with Crippen LogP contribution in [0.2, 0.25) is 4.82 Å². The molecule has 98 valence electrons. The number of aliphatic hydroxyl groups is 1. The Labute approximate surface area is 116 Å². The quantitative estimate of drug-likeness (QED) is 0.672. The average molecular weight is 309 g/mol. The van der Waals surface area contributed by atoms with Crippen LogP contribution >= 0.6 is 0 Å². The summed E-state index contributed by atoms with van der Waals surface area (Å²) in [5, 5.41) is 10.6. The van der Waals surface area contributed by atoms with Crippen LogP contribution in [0.1, 0.15) is 33.1 Å². The van der Waals surface area contributed by atoms with Crippen molar-refractivity contribution in [2.45, 2.75) is 43.5 Å². The van der Waals surface area contributed by atoms with Crippen molar-refractivity contribution in [1.82, 2.24) is 0 Å². The zero-order chi connectivity index (χ0) is 13.2. The molecule has 1 aromatic rings. The van der Waals surface area contributed by atoms with Crippen molar-refractivity contribution < 1.29 is 5.11 Å². The third-order valence-corrected chi connectivity index (χ3v) is 7.12. The van der Waals surface area contributed by atoms with Gasteiger partial charge in [0.25, 0.3) is 0 Å². The van der Waals surface area contributed by atoms with Crippen LogP contribution in [0.3, 0.4) is 0 Å². The van der Waals surface area contributed by atoms with Gasteiger partial charge in [-0.15, -0.1) is 0 Å². The van der Waals surface area contributed by atoms with Crippen LogP contribution in [-0.2, 0) is 0 Å². The molecule has 2 rings (SSSR count). The van der Waals surface area contributed by atoms with E-state index in [-0.39, 0.29) is 0 Å². The maximum atomic E-state index is 10.6. The zero-order valence-corrected chi connectivity index (χ0v) is 12.9. The summed E-state index contributed by atoms with van der Waals surface area (Å²) in [6.45, 7) is 8.23. The predicted octanol–water partition coefficient (Wildman–Crippen LogP) is 2.93.